The van der Waals surface area contributed by atoms with Gasteiger partial charge in [0.1, 0.15) is 0 Å². The molecule has 0 bridgehead atoms. The Balaban J connectivity index is 0.00000422. The van der Waals surface area contributed by atoms with Crippen molar-refractivity contribution in [3.8, 4) is 0 Å². The molecule has 2 unspecified atom stereocenters. The molecule has 312 valence electrons. The molecular weight excluding hydrogens is 984 g/mol. The number of likely N-dealkylation sites (N-methyl/N-ethyl adjacent to an activating group) is 2. The Morgan fingerprint density at radius 1 is 0.581 bits per heavy atom. The third-order valence-electron chi connectivity index (χ3n) is 8.38. The van der Waals surface area contributed by atoms with Gasteiger partial charge in [0.2, 0.25) is 0 Å². The molecule has 0 radical (unpaired) electrons. The van der Waals surface area contributed by atoms with Crippen LogP contribution in [0.1, 0.15) is 11.1 Å². The first-order valence-corrected chi connectivity index (χ1v) is 24.9. The minimum atomic E-state index is -5.05. The number of para-hydroxylation sites is 2. The van der Waals surface area contributed by atoms with Crippen molar-refractivity contribution < 1.29 is 95.3 Å². The molecule has 0 fully saturated rings. The second-order valence-corrected chi connectivity index (χ2v) is 20.9. The van der Waals surface area contributed by atoms with Gasteiger partial charge in [-0.15, -0.1) is 0 Å². The van der Waals surface area contributed by atoms with E-state index in [0.717, 1.165) is 11.4 Å². The van der Waals surface area contributed by atoms with Gasteiger partial charge in [-0.3, -0.25) is 0 Å². The number of aliphatic hydroxyl groups is 2. The Hall–Kier alpha value is -3.30. The standard InChI is InChI=1S/C38H40As2N10O8S2.2Na/c1-49(19-21-51)37-45-33(43-35(47-37)41-29-9-5-3-6-10-29)39-27-17-15-25(31(23-27)59(53,54)55)13-14-26-16-18-28(24-32(26)60(56,57)58)40-34-44-36(42-30-11-7-4-8-12-30)48-38(46-34)50(2)20-22-52;;/h3-18,23-24,39-40,51-52H,19-22H2,1-2H3,(H,53,54,55)(H,56,57,58)(H,41,43,45,47)(H,42,44,46,48);;/q;2*+1/p-2. The Morgan fingerprint density at radius 3 is 1.29 bits per heavy atom. The van der Waals surface area contributed by atoms with Gasteiger partial charge in [0.25, 0.3) is 0 Å². The van der Waals surface area contributed by atoms with Crippen LogP contribution in [0.4, 0.5) is 35.2 Å². The zero-order chi connectivity index (χ0) is 42.9. The van der Waals surface area contributed by atoms with Crippen molar-refractivity contribution in [1.82, 2.24) is 29.9 Å². The van der Waals surface area contributed by atoms with E-state index in [1.807, 2.05) is 60.7 Å². The van der Waals surface area contributed by atoms with Crippen molar-refractivity contribution in [1.29, 1.82) is 0 Å². The largest absolute Gasteiger partial charge is 1.00 e. The summed E-state index contributed by atoms with van der Waals surface area (Å²) in [5.74, 6) is 1.02. The smallest absolute Gasteiger partial charge is 1.00 e. The van der Waals surface area contributed by atoms with E-state index in [1.165, 1.54) is 36.4 Å². The molecule has 0 saturated heterocycles. The van der Waals surface area contributed by atoms with Crippen molar-refractivity contribution in [2.24, 2.45) is 0 Å². The number of nitrogens with one attached hydrogen (secondary N) is 2. The maximum atomic E-state index is 12.6. The van der Waals surface area contributed by atoms with Crippen LogP contribution in [0.5, 0.6) is 0 Å². The predicted molar refractivity (Wildman–Crippen MR) is 230 cm³/mol. The van der Waals surface area contributed by atoms with Crippen LogP contribution in [-0.2, 0) is 20.2 Å². The van der Waals surface area contributed by atoms with Crippen molar-refractivity contribution in [3.05, 3.63) is 108 Å². The molecule has 18 nitrogen and oxygen atoms in total. The van der Waals surface area contributed by atoms with Crippen molar-refractivity contribution in [3.63, 3.8) is 0 Å². The van der Waals surface area contributed by atoms with Crippen LogP contribution >= 0.6 is 0 Å². The topological polar surface area (TPSA) is 263 Å². The molecule has 2 atom stereocenters. The summed E-state index contributed by atoms with van der Waals surface area (Å²) in [6, 6.07) is 27.0. The number of anilines is 6. The summed E-state index contributed by atoms with van der Waals surface area (Å²) in [5, 5.41) is 25.2. The molecule has 0 spiro atoms. The summed E-state index contributed by atoms with van der Waals surface area (Å²) < 4.78 is 77.2. The zero-order valence-electron chi connectivity index (χ0n) is 34.0. The predicted octanol–water partition coefficient (Wildman–Crippen LogP) is -6.84. The van der Waals surface area contributed by atoms with E-state index >= 15 is 0 Å². The monoisotopic (exact) mass is 1020 g/mol. The Kier molecular flexibility index (Phi) is 19.5. The molecule has 0 aliphatic carbocycles. The summed E-state index contributed by atoms with van der Waals surface area (Å²) >= 11 is -2.92. The molecule has 0 amide bonds. The fourth-order valence-electron chi connectivity index (χ4n) is 5.47. The van der Waals surface area contributed by atoms with Crippen molar-refractivity contribution in [2.45, 2.75) is 9.79 Å². The van der Waals surface area contributed by atoms with Gasteiger partial charge < -0.3 is 0 Å². The third kappa shape index (κ3) is 14.6. The van der Waals surface area contributed by atoms with Crippen molar-refractivity contribution in [2.75, 3.05) is 60.8 Å². The summed E-state index contributed by atoms with van der Waals surface area (Å²) in [7, 11) is -6.69. The molecule has 24 heteroatoms. The number of nitrogens with zero attached hydrogens (tertiary/aromatic N) is 8. The van der Waals surface area contributed by atoms with Gasteiger partial charge in [0, 0.05) is 0 Å². The van der Waals surface area contributed by atoms with Gasteiger partial charge in [0.05, 0.1) is 0 Å². The quantitative estimate of drug-likeness (QED) is 0.0354. The minimum absolute atomic E-state index is 0. The molecule has 62 heavy (non-hydrogen) atoms. The summed E-state index contributed by atoms with van der Waals surface area (Å²) in [6.07, 6.45) is 2.52. The Bertz CT molecular complexity index is 2530. The molecule has 0 saturated carbocycles. The maximum Gasteiger partial charge on any atom is 1.00 e. The summed E-state index contributed by atoms with van der Waals surface area (Å²) in [5.41, 5.74) is 1.38. The van der Waals surface area contributed by atoms with Crippen LogP contribution in [-0.4, -0.2) is 138 Å². The number of rotatable bonds is 18. The van der Waals surface area contributed by atoms with Gasteiger partial charge in [-0.1, -0.05) is 0 Å². The molecule has 2 heterocycles. The molecule has 0 aliphatic rings. The van der Waals surface area contributed by atoms with E-state index in [9.17, 15) is 36.2 Å². The first kappa shape index (κ1) is 51.3. The zero-order valence-corrected chi connectivity index (χ0v) is 43.8. The van der Waals surface area contributed by atoms with E-state index in [-0.39, 0.29) is 120 Å². The normalized spacial score (nSPS) is 11.8. The fourth-order valence-corrected chi connectivity index (χ4v) is 11.3. The number of hydrogen-bond donors (Lipinski definition) is 4. The third-order valence-corrected chi connectivity index (χ3v) is 14.6. The van der Waals surface area contributed by atoms with Crippen LogP contribution in [0.3, 0.4) is 0 Å². The van der Waals surface area contributed by atoms with E-state index in [2.05, 4.69) is 40.5 Å². The van der Waals surface area contributed by atoms with Crippen LogP contribution < -0.4 is 97.5 Å². The summed E-state index contributed by atoms with van der Waals surface area (Å²) in [4.78, 5) is 29.3. The molecular formula is C38H38As2N10Na2O8S2. The van der Waals surface area contributed by atoms with Crippen molar-refractivity contribution >= 4 is 117 Å². The molecule has 4 aromatic carbocycles. The van der Waals surface area contributed by atoms with Crippen LogP contribution in [0, 0.1) is 0 Å². The molecule has 6 rings (SSSR count). The van der Waals surface area contributed by atoms with Crippen LogP contribution in [0.2, 0.25) is 0 Å². The first-order valence-electron chi connectivity index (χ1n) is 17.9. The van der Waals surface area contributed by atoms with Crippen LogP contribution in [0.15, 0.2) is 107 Å². The SMILES string of the molecule is CN(CCO)c1nc(Nc2ccccc2)nc([AsH]c2ccc(C=Cc3ccc([AsH]c4nc(Nc5ccccc5)nc(N(C)CCO)n4)cc3S(=O)(=O)[O-])c(S(=O)(=O)[O-])c2)n1.[Na+].[Na+]. The number of hydrogen-bond acceptors (Lipinski definition) is 18. The van der Waals surface area contributed by atoms with E-state index in [1.54, 1.807) is 36.0 Å². The Labute approximate surface area is 416 Å². The number of aliphatic hydroxyl groups excluding tert-OH is 2. The second kappa shape index (κ2) is 23.6. The minimum Gasteiger partial charge on any atom is 1.00 e. The average molecular weight is 1020 g/mol. The van der Waals surface area contributed by atoms with E-state index < -0.39 is 61.5 Å². The fraction of sp³-hybridized carbons (Fsp3) is 0.158. The average Bonchev–Trinajstić information content (AvgIpc) is 3.20. The summed E-state index contributed by atoms with van der Waals surface area (Å²) in [6.45, 7) is 0.184. The van der Waals surface area contributed by atoms with Gasteiger partial charge in [0.15, 0.2) is 0 Å². The van der Waals surface area contributed by atoms with Gasteiger partial charge in [-0.25, -0.2) is 0 Å². The first-order chi connectivity index (χ1) is 28.7. The van der Waals surface area contributed by atoms with Crippen LogP contribution in [0.25, 0.3) is 12.2 Å². The maximum absolute atomic E-state index is 12.6. The van der Waals surface area contributed by atoms with Gasteiger partial charge in [-0.05, 0) is 0 Å². The Morgan fingerprint density at radius 2 is 0.952 bits per heavy atom. The van der Waals surface area contributed by atoms with E-state index in [0.29, 0.717) is 17.9 Å². The van der Waals surface area contributed by atoms with Gasteiger partial charge in [-0.2, -0.15) is 0 Å². The number of benzene rings is 4. The second-order valence-electron chi connectivity index (χ2n) is 12.8. The molecule has 6 aromatic rings. The van der Waals surface area contributed by atoms with E-state index in [4.69, 9.17) is 0 Å². The molecule has 2 aromatic heterocycles. The number of aromatic nitrogens is 6. The van der Waals surface area contributed by atoms with Gasteiger partial charge >= 0.3 is 421 Å². The molecule has 0 aliphatic heterocycles. The molecule has 4 N–H and O–H groups in total.